The number of carboxylic acids is 1. The van der Waals surface area contributed by atoms with E-state index in [-0.39, 0.29) is 24.3 Å². The summed E-state index contributed by atoms with van der Waals surface area (Å²) in [6.07, 6.45) is -5.08. The minimum atomic E-state index is -5.08. The Bertz CT molecular complexity index is 1120. The van der Waals surface area contributed by atoms with Crippen LogP contribution in [0.3, 0.4) is 0 Å². The van der Waals surface area contributed by atoms with E-state index in [1.807, 2.05) is 31.2 Å². The Morgan fingerprint density at radius 1 is 1.05 bits per heavy atom. The molecule has 3 amide bonds. The maximum absolute atomic E-state index is 13.3. The van der Waals surface area contributed by atoms with E-state index in [1.54, 1.807) is 34.1 Å². The Labute approximate surface area is 212 Å². The van der Waals surface area contributed by atoms with Gasteiger partial charge in [-0.15, -0.1) is 0 Å². The molecular weight excluding hydrogens is 493 g/mol. The monoisotopic (exact) mass is 522 g/mol. The Kier molecular flexibility index (Phi) is 10.6. The number of hydrogen-bond acceptors (Lipinski definition) is 5. The average molecular weight is 523 g/mol. The molecule has 37 heavy (non-hydrogen) atoms. The molecule has 12 heteroatoms. The topological polar surface area (TPSA) is 119 Å². The van der Waals surface area contributed by atoms with Gasteiger partial charge in [-0.3, -0.25) is 14.4 Å². The second kappa shape index (κ2) is 13.4. The second-order valence-corrected chi connectivity index (χ2v) is 8.35. The van der Waals surface area contributed by atoms with Crippen molar-refractivity contribution in [3.63, 3.8) is 0 Å². The molecule has 9 nitrogen and oxygen atoms in total. The van der Waals surface area contributed by atoms with Crippen molar-refractivity contribution in [1.82, 2.24) is 15.1 Å². The van der Waals surface area contributed by atoms with Gasteiger partial charge in [-0.2, -0.15) is 13.2 Å². The van der Waals surface area contributed by atoms with E-state index in [0.717, 1.165) is 24.2 Å². The highest BCUT2D eigenvalue weighted by Crippen LogP contribution is 2.16. The number of aryl methyl sites for hydroxylation is 1. The van der Waals surface area contributed by atoms with Crippen LogP contribution in [-0.2, 0) is 20.9 Å². The number of benzene rings is 2. The molecule has 1 fully saturated rings. The van der Waals surface area contributed by atoms with Gasteiger partial charge in [-0.1, -0.05) is 35.9 Å². The fourth-order valence-electron chi connectivity index (χ4n) is 3.52. The molecule has 0 aromatic heterocycles. The van der Waals surface area contributed by atoms with Gasteiger partial charge in [-0.25, -0.2) is 4.79 Å². The van der Waals surface area contributed by atoms with E-state index in [0.29, 0.717) is 30.9 Å². The van der Waals surface area contributed by atoms with Gasteiger partial charge in [-0.05, 0) is 30.7 Å². The van der Waals surface area contributed by atoms with E-state index in [9.17, 15) is 27.6 Å². The number of amides is 3. The first-order chi connectivity index (χ1) is 17.4. The normalized spacial score (nSPS) is 13.2. The van der Waals surface area contributed by atoms with Crippen LogP contribution in [0.5, 0.6) is 0 Å². The average Bonchev–Trinajstić information content (AvgIpc) is 2.83. The summed E-state index contributed by atoms with van der Waals surface area (Å²) in [5.41, 5.74) is 3.05. The molecule has 3 N–H and O–H groups in total. The number of halogens is 3. The molecule has 0 bridgehead atoms. The molecule has 2 aromatic rings. The Hall–Kier alpha value is -3.93. The molecule has 1 heterocycles. The van der Waals surface area contributed by atoms with Crippen LogP contribution in [0.2, 0.25) is 0 Å². The SMILES string of the molecule is CC(=O)Nc1cccc(C(=O)N(CC(=O)N2CCNCC2)Cc2cccc(C)c2)c1.O=C(O)C(F)(F)F. The van der Waals surface area contributed by atoms with Crippen LogP contribution >= 0.6 is 0 Å². The molecule has 1 aliphatic heterocycles. The third-order valence-corrected chi connectivity index (χ3v) is 5.21. The predicted molar refractivity (Wildman–Crippen MR) is 130 cm³/mol. The predicted octanol–water partition coefficient (Wildman–Crippen LogP) is 2.66. The number of anilines is 1. The summed E-state index contributed by atoms with van der Waals surface area (Å²) >= 11 is 0. The van der Waals surface area contributed by atoms with Gasteiger partial charge in [0.2, 0.25) is 11.8 Å². The van der Waals surface area contributed by atoms with E-state index in [2.05, 4.69) is 10.6 Å². The highest BCUT2D eigenvalue weighted by atomic mass is 19.4. The van der Waals surface area contributed by atoms with Gasteiger partial charge in [0.1, 0.15) is 6.54 Å². The molecular formula is C25H29F3N4O5. The minimum Gasteiger partial charge on any atom is -0.475 e. The molecule has 2 aromatic carbocycles. The van der Waals surface area contributed by atoms with Crippen molar-refractivity contribution >= 4 is 29.4 Å². The largest absolute Gasteiger partial charge is 0.490 e. The lowest BCUT2D eigenvalue weighted by molar-refractivity contribution is -0.192. The smallest absolute Gasteiger partial charge is 0.475 e. The summed E-state index contributed by atoms with van der Waals surface area (Å²) in [5.74, 6) is -3.26. The van der Waals surface area contributed by atoms with Crippen LogP contribution in [-0.4, -0.2) is 77.5 Å². The molecule has 0 aliphatic carbocycles. The highest BCUT2D eigenvalue weighted by molar-refractivity contribution is 5.98. The fraction of sp³-hybridized carbons (Fsp3) is 0.360. The Morgan fingerprint density at radius 3 is 2.24 bits per heavy atom. The van der Waals surface area contributed by atoms with Crippen molar-refractivity contribution in [2.45, 2.75) is 26.6 Å². The zero-order valence-corrected chi connectivity index (χ0v) is 20.5. The number of piperazine rings is 1. The summed E-state index contributed by atoms with van der Waals surface area (Å²) in [4.78, 5) is 49.8. The van der Waals surface area contributed by atoms with E-state index in [1.165, 1.54) is 6.92 Å². The van der Waals surface area contributed by atoms with Crippen LogP contribution in [0.4, 0.5) is 18.9 Å². The molecule has 200 valence electrons. The maximum atomic E-state index is 13.3. The third-order valence-electron chi connectivity index (χ3n) is 5.21. The van der Waals surface area contributed by atoms with E-state index in [4.69, 9.17) is 9.90 Å². The first-order valence-electron chi connectivity index (χ1n) is 11.4. The van der Waals surface area contributed by atoms with Crippen LogP contribution in [0, 0.1) is 6.92 Å². The number of carbonyl (C=O) groups excluding carboxylic acids is 3. The number of carbonyl (C=O) groups is 4. The summed E-state index contributed by atoms with van der Waals surface area (Å²) in [5, 5.41) is 13.1. The molecule has 0 spiro atoms. The second-order valence-electron chi connectivity index (χ2n) is 8.35. The first-order valence-corrected chi connectivity index (χ1v) is 11.4. The van der Waals surface area contributed by atoms with Gasteiger partial charge in [0, 0.05) is 50.9 Å². The third kappa shape index (κ3) is 9.92. The quantitative estimate of drug-likeness (QED) is 0.537. The summed E-state index contributed by atoms with van der Waals surface area (Å²) in [6.45, 7) is 6.57. The summed E-state index contributed by atoms with van der Waals surface area (Å²) in [6, 6.07) is 14.7. The van der Waals surface area contributed by atoms with Gasteiger partial charge in [0.05, 0.1) is 0 Å². The molecule has 0 saturated carbocycles. The number of nitrogens with zero attached hydrogens (tertiary/aromatic N) is 2. The van der Waals surface area contributed by atoms with Crippen molar-refractivity contribution in [2.24, 2.45) is 0 Å². The van der Waals surface area contributed by atoms with E-state index >= 15 is 0 Å². The zero-order valence-electron chi connectivity index (χ0n) is 20.5. The number of nitrogens with one attached hydrogen (secondary N) is 2. The van der Waals surface area contributed by atoms with Crippen molar-refractivity contribution in [2.75, 3.05) is 38.0 Å². The van der Waals surface area contributed by atoms with Gasteiger partial charge < -0.3 is 25.5 Å². The lowest BCUT2D eigenvalue weighted by atomic mass is 10.1. The molecule has 0 atom stereocenters. The molecule has 0 radical (unpaired) electrons. The number of alkyl halides is 3. The van der Waals surface area contributed by atoms with Gasteiger partial charge in [0.15, 0.2) is 0 Å². The minimum absolute atomic E-state index is 0.0111. The lowest BCUT2D eigenvalue weighted by Crippen LogP contribution is -2.50. The van der Waals surface area contributed by atoms with Crippen LogP contribution in [0.25, 0.3) is 0 Å². The Morgan fingerprint density at radius 2 is 1.68 bits per heavy atom. The molecule has 1 aliphatic rings. The standard InChI is InChI=1S/C23H28N4O3.C2HF3O2/c1-17-5-3-6-19(13-17)15-27(16-22(29)26-11-9-24-10-12-26)23(30)20-7-4-8-21(14-20)25-18(2)28;3-2(4,5)1(6)7/h3-8,13-14,24H,9-12,15-16H2,1-2H3,(H,25,28);(H,6,7). The molecule has 1 saturated heterocycles. The number of rotatable bonds is 6. The number of aliphatic carboxylic acids is 1. The van der Waals surface area contributed by atoms with Crippen molar-refractivity contribution in [3.05, 3.63) is 65.2 Å². The highest BCUT2D eigenvalue weighted by Gasteiger charge is 2.38. The fourth-order valence-corrected chi connectivity index (χ4v) is 3.52. The van der Waals surface area contributed by atoms with E-state index < -0.39 is 12.1 Å². The summed E-state index contributed by atoms with van der Waals surface area (Å²) < 4.78 is 31.7. The van der Waals surface area contributed by atoms with Crippen LogP contribution < -0.4 is 10.6 Å². The van der Waals surface area contributed by atoms with Crippen molar-refractivity contribution < 1.29 is 37.5 Å². The molecule has 0 unspecified atom stereocenters. The zero-order chi connectivity index (χ0) is 27.6. The molecule has 3 rings (SSSR count). The van der Waals surface area contributed by atoms with Crippen molar-refractivity contribution in [3.8, 4) is 0 Å². The van der Waals surface area contributed by atoms with Crippen LogP contribution in [0.15, 0.2) is 48.5 Å². The summed E-state index contributed by atoms with van der Waals surface area (Å²) in [7, 11) is 0. The lowest BCUT2D eigenvalue weighted by Gasteiger charge is -2.30. The maximum Gasteiger partial charge on any atom is 0.490 e. The number of carboxylic acid groups (broad SMARTS) is 1. The van der Waals surface area contributed by atoms with Crippen LogP contribution in [0.1, 0.15) is 28.4 Å². The number of hydrogen-bond donors (Lipinski definition) is 3. The van der Waals surface area contributed by atoms with Crippen molar-refractivity contribution in [1.29, 1.82) is 0 Å². The van der Waals surface area contributed by atoms with Gasteiger partial charge in [0.25, 0.3) is 5.91 Å². The Balaban J connectivity index is 0.000000604. The van der Waals surface area contributed by atoms with Gasteiger partial charge >= 0.3 is 12.1 Å². The first kappa shape index (κ1) is 29.3.